The molecule has 4 nitrogen and oxygen atoms in total. The molecule has 1 saturated heterocycles. The van der Waals surface area contributed by atoms with Crippen LogP contribution < -0.4 is 0 Å². The molecule has 1 aromatic heterocycles. The molecule has 1 fully saturated rings. The monoisotopic (exact) mass is 276 g/mol. The van der Waals surface area contributed by atoms with E-state index >= 15 is 0 Å². The van der Waals surface area contributed by atoms with Crippen LogP contribution in [-0.2, 0) is 4.74 Å². The van der Waals surface area contributed by atoms with Gasteiger partial charge in [-0.25, -0.2) is 4.98 Å². The summed E-state index contributed by atoms with van der Waals surface area (Å²) in [4.78, 5) is 18.7. The Balaban J connectivity index is 1.86. The third-order valence-corrected chi connectivity index (χ3v) is 4.21. The average molecular weight is 276 g/mol. The van der Waals surface area contributed by atoms with E-state index in [1.165, 1.54) is 11.3 Å². The molecule has 0 bridgehead atoms. The number of morpholine rings is 1. The van der Waals surface area contributed by atoms with Crippen molar-refractivity contribution < 1.29 is 9.53 Å². The summed E-state index contributed by atoms with van der Waals surface area (Å²) in [6.45, 7) is 5.26. The Kier molecular flexibility index (Phi) is 3.24. The lowest BCUT2D eigenvalue weighted by atomic mass is 10.2. The van der Waals surface area contributed by atoms with E-state index in [0.29, 0.717) is 18.1 Å². The van der Waals surface area contributed by atoms with Gasteiger partial charge < -0.3 is 9.64 Å². The van der Waals surface area contributed by atoms with E-state index in [0.717, 1.165) is 10.2 Å². The molecule has 0 saturated carbocycles. The molecule has 0 spiro atoms. The summed E-state index contributed by atoms with van der Waals surface area (Å²) in [6, 6.07) is 7.84. The van der Waals surface area contributed by atoms with E-state index in [-0.39, 0.29) is 18.1 Å². The Bertz CT molecular complexity index is 567. The van der Waals surface area contributed by atoms with E-state index in [9.17, 15) is 4.79 Å². The lowest BCUT2D eigenvalue weighted by Gasteiger charge is -2.34. The number of rotatable bonds is 1. The normalized spacial score (nSPS) is 23.8. The van der Waals surface area contributed by atoms with Gasteiger partial charge in [-0.05, 0) is 26.0 Å². The first-order valence-corrected chi connectivity index (χ1v) is 7.25. The van der Waals surface area contributed by atoms with E-state index in [2.05, 4.69) is 4.98 Å². The summed E-state index contributed by atoms with van der Waals surface area (Å²) >= 11 is 1.46. The first kappa shape index (κ1) is 12.6. The minimum atomic E-state index is 0.0169. The Morgan fingerprint density at radius 2 is 2.00 bits per heavy atom. The molecule has 1 aromatic carbocycles. The second kappa shape index (κ2) is 4.90. The summed E-state index contributed by atoms with van der Waals surface area (Å²) in [5.74, 6) is 0.0169. The minimum Gasteiger partial charge on any atom is -0.372 e. The van der Waals surface area contributed by atoms with Crippen LogP contribution in [0.1, 0.15) is 23.6 Å². The highest BCUT2D eigenvalue weighted by atomic mass is 32.1. The van der Waals surface area contributed by atoms with Gasteiger partial charge in [-0.15, -0.1) is 11.3 Å². The summed E-state index contributed by atoms with van der Waals surface area (Å²) < 4.78 is 6.71. The second-order valence-electron chi connectivity index (χ2n) is 4.95. The molecule has 5 heteroatoms. The second-order valence-corrected chi connectivity index (χ2v) is 5.98. The van der Waals surface area contributed by atoms with Gasteiger partial charge in [0, 0.05) is 13.1 Å². The van der Waals surface area contributed by atoms with Crippen molar-refractivity contribution in [2.24, 2.45) is 0 Å². The lowest BCUT2D eigenvalue weighted by molar-refractivity contribution is -0.0586. The number of fused-ring (bicyclic) bond motifs is 1. The zero-order valence-corrected chi connectivity index (χ0v) is 11.8. The summed E-state index contributed by atoms with van der Waals surface area (Å²) in [7, 11) is 0. The quantitative estimate of drug-likeness (QED) is 0.804. The van der Waals surface area contributed by atoms with Crippen molar-refractivity contribution in [1.29, 1.82) is 0 Å². The van der Waals surface area contributed by atoms with E-state index < -0.39 is 0 Å². The highest BCUT2D eigenvalue weighted by Crippen LogP contribution is 2.23. The van der Waals surface area contributed by atoms with Gasteiger partial charge in [-0.3, -0.25) is 4.79 Å². The van der Waals surface area contributed by atoms with Crippen LogP contribution in [0, 0.1) is 0 Å². The number of hydrogen-bond donors (Lipinski definition) is 0. The summed E-state index contributed by atoms with van der Waals surface area (Å²) in [6.07, 6.45) is 0.171. The first-order chi connectivity index (χ1) is 9.13. The lowest BCUT2D eigenvalue weighted by Crippen LogP contribution is -2.48. The Morgan fingerprint density at radius 3 is 2.68 bits per heavy atom. The van der Waals surface area contributed by atoms with Crippen molar-refractivity contribution in [3.8, 4) is 0 Å². The van der Waals surface area contributed by atoms with Crippen LogP contribution >= 0.6 is 11.3 Å². The van der Waals surface area contributed by atoms with Crippen molar-refractivity contribution in [1.82, 2.24) is 9.88 Å². The van der Waals surface area contributed by atoms with Gasteiger partial charge in [-0.1, -0.05) is 12.1 Å². The van der Waals surface area contributed by atoms with Crippen molar-refractivity contribution >= 4 is 27.5 Å². The Morgan fingerprint density at radius 1 is 1.32 bits per heavy atom. The Hall–Kier alpha value is -1.46. The van der Waals surface area contributed by atoms with E-state index in [4.69, 9.17) is 4.74 Å². The molecule has 0 radical (unpaired) electrons. The topological polar surface area (TPSA) is 42.4 Å². The summed E-state index contributed by atoms with van der Waals surface area (Å²) in [5, 5.41) is 0.572. The molecule has 2 atom stereocenters. The molecule has 1 amide bonds. The minimum absolute atomic E-state index is 0.0169. The Labute approximate surface area is 116 Å². The van der Waals surface area contributed by atoms with Gasteiger partial charge in [-0.2, -0.15) is 0 Å². The summed E-state index contributed by atoms with van der Waals surface area (Å²) in [5.41, 5.74) is 0.894. The van der Waals surface area contributed by atoms with Crippen LogP contribution in [0.4, 0.5) is 0 Å². The number of ether oxygens (including phenoxy) is 1. The van der Waals surface area contributed by atoms with Gasteiger partial charge in [0.1, 0.15) is 0 Å². The maximum Gasteiger partial charge on any atom is 0.283 e. The number of amides is 1. The number of carbonyl (C=O) groups excluding carboxylic acids is 1. The van der Waals surface area contributed by atoms with Gasteiger partial charge in [0.05, 0.1) is 22.4 Å². The van der Waals surface area contributed by atoms with Crippen molar-refractivity contribution in [3.63, 3.8) is 0 Å². The van der Waals surface area contributed by atoms with Crippen LogP contribution in [0.25, 0.3) is 10.2 Å². The predicted molar refractivity (Wildman–Crippen MR) is 75.5 cm³/mol. The number of para-hydroxylation sites is 1. The number of benzene rings is 1. The third-order valence-electron chi connectivity index (χ3n) is 3.18. The fraction of sp³-hybridized carbons (Fsp3) is 0.429. The van der Waals surface area contributed by atoms with Crippen molar-refractivity contribution in [2.75, 3.05) is 13.1 Å². The molecule has 0 N–H and O–H groups in total. The number of hydrogen-bond acceptors (Lipinski definition) is 4. The molecule has 0 aliphatic carbocycles. The van der Waals surface area contributed by atoms with Gasteiger partial charge in [0.25, 0.3) is 5.91 Å². The predicted octanol–water partition coefficient (Wildman–Crippen LogP) is 2.55. The van der Waals surface area contributed by atoms with E-state index in [1.807, 2.05) is 43.0 Å². The third kappa shape index (κ3) is 2.48. The zero-order chi connectivity index (χ0) is 13.4. The van der Waals surface area contributed by atoms with Crippen molar-refractivity contribution in [2.45, 2.75) is 26.1 Å². The molecule has 1 aliphatic rings. The fourth-order valence-corrected chi connectivity index (χ4v) is 3.38. The smallest absolute Gasteiger partial charge is 0.283 e. The van der Waals surface area contributed by atoms with Gasteiger partial charge >= 0.3 is 0 Å². The van der Waals surface area contributed by atoms with Gasteiger partial charge in [0.15, 0.2) is 5.01 Å². The molecule has 100 valence electrons. The highest BCUT2D eigenvalue weighted by molar-refractivity contribution is 7.20. The largest absolute Gasteiger partial charge is 0.372 e. The molecule has 2 aromatic rings. The average Bonchev–Trinajstić information content (AvgIpc) is 2.80. The molecular formula is C14H16N2O2S. The fourth-order valence-electron chi connectivity index (χ4n) is 2.44. The molecule has 19 heavy (non-hydrogen) atoms. The van der Waals surface area contributed by atoms with Crippen LogP contribution in [0.15, 0.2) is 24.3 Å². The number of thiazole rings is 1. The number of aromatic nitrogens is 1. The molecule has 3 rings (SSSR count). The standard InChI is InChI=1S/C14H16N2O2S/c1-9-7-16(8-10(2)18-9)14(17)13-15-11-5-3-4-6-12(11)19-13/h3-6,9-10H,7-8H2,1-2H3/t9-,10+. The maximum absolute atomic E-state index is 12.5. The van der Waals surface area contributed by atoms with Crippen LogP contribution in [0.2, 0.25) is 0 Å². The van der Waals surface area contributed by atoms with Crippen molar-refractivity contribution in [3.05, 3.63) is 29.3 Å². The SMILES string of the molecule is C[C@@H]1CN(C(=O)c2nc3ccccc3s2)C[C@H](C)O1. The van der Waals surface area contributed by atoms with Crippen LogP contribution in [-0.4, -0.2) is 41.1 Å². The molecular weight excluding hydrogens is 260 g/mol. The molecule has 2 heterocycles. The highest BCUT2D eigenvalue weighted by Gasteiger charge is 2.28. The number of carbonyl (C=O) groups is 1. The maximum atomic E-state index is 12.5. The first-order valence-electron chi connectivity index (χ1n) is 6.44. The van der Waals surface area contributed by atoms with Crippen LogP contribution in [0.5, 0.6) is 0 Å². The van der Waals surface area contributed by atoms with E-state index in [1.54, 1.807) is 0 Å². The molecule has 1 aliphatic heterocycles. The van der Waals surface area contributed by atoms with Gasteiger partial charge in [0.2, 0.25) is 0 Å². The molecule has 0 unspecified atom stereocenters. The van der Waals surface area contributed by atoms with Crippen LogP contribution in [0.3, 0.4) is 0 Å². The number of nitrogens with zero attached hydrogens (tertiary/aromatic N) is 2. The zero-order valence-electron chi connectivity index (χ0n) is 11.0.